The number of hydrogen-bond acceptors (Lipinski definition) is 3. The topological polar surface area (TPSA) is 35.0 Å². The first-order chi connectivity index (χ1) is 16.4. The average molecular weight is 494 g/mol. The van der Waals surface area contributed by atoms with Crippen LogP contribution in [0.5, 0.6) is 0 Å². The minimum Gasteiger partial charge on any atom is -0.425 e. The second-order valence-electron chi connectivity index (χ2n) is 13.1. The highest BCUT2D eigenvalue weighted by Crippen LogP contribution is 2.50. The van der Waals surface area contributed by atoms with Crippen LogP contribution in [0.25, 0.3) is 22.2 Å². The molecule has 0 spiro atoms. The lowest BCUT2D eigenvalue weighted by Gasteiger charge is -2.34. The zero-order valence-electron chi connectivity index (χ0n) is 22.4. The molecule has 0 unspecified atom stereocenters. The molecule has 0 atom stereocenters. The van der Waals surface area contributed by atoms with Crippen LogP contribution in [0, 0.1) is 5.41 Å². The van der Waals surface area contributed by atoms with E-state index in [2.05, 4.69) is 58.7 Å². The fourth-order valence-corrected chi connectivity index (χ4v) is 6.34. The summed E-state index contributed by atoms with van der Waals surface area (Å²) in [4.78, 5) is 8.97. The lowest BCUT2D eigenvalue weighted by Crippen LogP contribution is -2.36. The Kier molecular flexibility index (Phi) is 5.30. The Hall–Kier alpha value is -2.41. The maximum Gasteiger partial charge on any atom is 0.433 e. The lowest BCUT2D eigenvalue weighted by molar-refractivity contribution is -0.140. The minimum absolute atomic E-state index is 0.00114. The van der Waals surface area contributed by atoms with Crippen LogP contribution in [0.4, 0.5) is 13.2 Å². The van der Waals surface area contributed by atoms with E-state index in [0.717, 1.165) is 18.1 Å². The molecule has 0 amide bonds. The summed E-state index contributed by atoms with van der Waals surface area (Å²) in [7, 11) is 0. The van der Waals surface area contributed by atoms with E-state index >= 15 is 0 Å². The third-order valence-electron chi connectivity index (χ3n) is 8.79. The highest BCUT2D eigenvalue weighted by Gasteiger charge is 2.50. The Morgan fingerprint density at radius 3 is 2.17 bits per heavy atom. The Bertz CT molecular complexity index is 1360. The molecule has 1 fully saturated rings. The zero-order valence-corrected chi connectivity index (χ0v) is 22.4. The van der Waals surface area contributed by atoms with Gasteiger partial charge in [-0.05, 0) is 77.6 Å². The lowest BCUT2D eigenvalue weighted by atomic mass is 9.54. The Labute approximate surface area is 212 Å². The van der Waals surface area contributed by atoms with Gasteiger partial charge in [-0.1, -0.05) is 53.7 Å². The Balaban J connectivity index is 1.71. The van der Waals surface area contributed by atoms with Gasteiger partial charge in [0.2, 0.25) is 0 Å². The van der Waals surface area contributed by atoms with Crippen molar-refractivity contribution < 1.29 is 17.8 Å². The van der Waals surface area contributed by atoms with Gasteiger partial charge in [0.25, 0.3) is 0 Å². The van der Waals surface area contributed by atoms with Gasteiger partial charge in [0.15, 0.2) is 0 Å². The van der Waals surface area contributed by atoms with Crippen molar-refractivity contribution in [1.29, 1.82) is 0 Å². The molecular weight excluding hydrogens is 460 g/mol. The number of rotatable bonds is 2. The van der Waals surface area contributed by atoms with Crippen molar-refractivity contribution in [1.82, 2.24) is 9.97 Å². The van der Waals surface area contributed by atoms with E-state index in [1.807, 2.05) is 19.9 Å². The fraction of sp³-hybridized carbons (Fsp3) is 0.517. The molecule has 1 aliphatic heterocycles. The van der Waals surface area contributed by atoms with Crippen molar-refractivity contribution in [3.05, 3.63) is 53.3 Å². The van der Waals surface area contributed by atoms with E-state index < -0.39 is 17.5 Å². The highest BCUT2D eigenvalue weighted by atomic mass is 19.4. The largest absolute Gasteiger partial charge is 0.433 e. The number of fused-ring (bicyclic) bond motifs is 2. The van der Waals surface area contributed by atoms with Crippen molar-refractivity contribution in [2.45, 2.75) is 90.7 Å². The molecule has 0 radical (unpaired) electrons. The quantitative estimate of drug-likeness (QED) is 0.351. The molecule has 1 saturated heterocycles. The van der Waals surface area contributed by atoms with Gasteiger partial charge < -0.3 is 4.65 Å². The number of benzene rings is 1. The molecule has 2 aromatic heterocycles. The molecule has 3 nitrogen and oxygen atoms in total. The molecule has 5 rings (SSSR count). The Morgan fingerprint density at radius 2 is 1.56 bits per heavy atom. The molecule has 0 saturated carbocycles. The van der Waals surface area contributed by atoms with Crippen molar-refractivity contribution in [2.24, 2.45) is 5.41 Å². The van der Waals surface area contributed by atoms with Crippen LogP contribution in [0.15, 0.2) is 36.5 Å². The standard InChI is InChI=1S/C29H34BF3N2O/c1-25(2)15-26(3,4)20-13-17(9-11-19(20)25)23-18-10-12-22(29(31,32)33)35-24(18)21(14-34-23)30-16-27(5,6)28(7,8)36-30/h9-14H,15-16H2,1-8H3. The Morgan fingerprint density at radius 1 is 0.889 bits per heavy atom. The summed E-state index contributed by atoms with van der Waals surface area (Å²) in [5, 5.41) is 0.613. The van der Waals surface area contributed by atoms with Gasteiger partial charge in [0, 0.05) is 17.1 Å². The molecule has 36 heavy (non-hydrogen) atoms. The summed E-state index contributed by atoms with van der Waals surface area (Å²) in [5.41, 5.74) is 3.65. The molecule has 1 aromatic carbocycles. The smallest absolute Gasteiger partial charge is 0.425 e. The maximum atomic E-state index is 13.7. The molecule has 1 aliphatic carbocycles. The molecule has 0 bridgehead atoms. The van der Waals surface area contributed by atoms with Crippen molar-refractivity contribution >= 4 is 23.3 Å². The minimum atomic E-state index is -4.53. The van der Waals surface area contributed by atoms with Crippen LogP contribution in [-0.4, -0.2) is 22.5 Å². The maximum absolute atomic E-state index is 13.7. The van der Waals surface area contributed by atoms with Crippen LogP contribution in [0.2, 0.25) is 6.32 Å². The first kappa shape index (κ1) is 25.3. The summed E-state index contributed by atoms with van der Waals surface area (Å²) >= 11 is 0. The summed E-state index contributed by atoms with van der Waals surface area (Å²) in [5.74, 6) is 0. The summed E-state index contributed by atoms with van der Waals surface area (Å²) in [6.45, 7) is 16.9. The molecule has 190 valence electrons. The number of nitrogens with zero attached hydrogens (tertiary/aromatic N) is 2. The molecule has 3 heterocycles. The van der Waals surface area contributed by atoms with E-state index in [1.165, 1.54) is 17.2 Å². The normalized spacial score (nSPS) is 21.7. The van der Waals surface area contributed by atoms with E-state index in [-0.39, 0.29) is 23.2 Å². The third kappa shape index (κ3) is 3.85. The van der Waals surface area contributed by atoms with Gasteiger partial charge in [-0.2, -0.15) is 13.2 Å². The molecular formula is C29H34BF3N2O. The number of alkyl halides is 3. The molecule has 3 aromatic rings. The molecule has 2 aliphatic rings. The van der Waals surface area contributed by atoms with Crippen molar-refractivity contribution in [3.63, 3.8) is 0 Å². The first-order valence-corrected chi connectivity index (χ1v) is 12.6. The predicted molar refractivity (Wildman–Crippen MR) is 140 cm³/mol. The van der Waals surface area contributed by atoms with Gasteiger partial charge >= 0.3 is 13.1 Å². The SMILES string of the molecule is CC1(C)CC(C)(C)c2cc(-c3ncc(B4CC(C)(C)C(C)(C)O4)c4nc(C(F)(F)F)ccc34)ccc21. The molecule has 7 heteroatoms. The van der Waals surface area contributed by atoms with E-state index in [9.17, 15) is 13.2 Å². The summed E-state index contributed by atoms with van der Waals surface area (Å²) in [6, 6.07) is 8.94. The number of pyridine rings is 2. The summed E-state index contributed by atoms with van der Waals surface area (Å²) in [6.07, 6.45) is -1.15. The predicted octanol–water partition coefficient (Wildman–Crippen LogP) is 7.31. The monoisotopic (exact) mass is 494 g/mol. The fourth-order valence-electron chi connectivity index (χ4n) is 6.34. The first-order valence-electron chi connectivity index (χ1n) is 12.6. The second kappa shape index (κ2) is 7.56. The number of aromatic nitrogens is 2. The third-order valence-corrected chi connectivity index (χ3v) is 8.79. The van der Waals surface area contributed by atoms with Crippen molar-refractivity contribution in [3.8, 4) is 11.3 Å². The van der Waals surface area contributed by atoms with Gasteiger partial charge in [0.1, 0.15) is 5.69 Å². The van der Waals surface area contributed by atoms with Crippen LogP contribution in [0.3, 0.4) is 0 Å². The van der Waals surface area contributed by atoms with Crippen molar-refractivity contribution in [2.75, 3.05) is 0 Å². The molecule has 0 N–H and O–H groups in total. The van der Waals surface area contributed by atoms with E-state index in [4.69, 9.17) is 9.64 Å². The number of halogens is 3. The van der Waals surface area contributed by atoms with Gasteiger partial charge in [0.05, 0.1) is 16.8 Å². The average Bonchev–Trinajstić information content (AvgIpc) is 3.08. The second-order valence-corrected chi connectivity index (χ2v) is 13.1. The van der Waals surface area contributed by atoms with Crippen LogP contribution in [-0.2, 0) is 21.7 Å². The zero-order chi connectivity index (χ0) is 26.5. The van der Waals surface area contributed by atoms with Gasteiger partial charge in [-0.3, -0.25) is 4.98 Å². The van der Waals surface area contributed by atoms with Gasteiger partial charge in [-0.25, -0.2) is 4.98 Å². The van der Waals surface area contributed by atoms with Crippen LogP contribution >= 0.6 is 0 Å². The number of hydrogen-bond donors (Lipinski definition) is 0. The van der Waals surface area contributed by atoms with E-state index in [1.54, 1.807) is 6.20 Å². The highest BCUT2D eigenvalue weighted by molar-refractivity contribution is 6.70. The van der Waals surface area contributed by atoms with Crippen LogP contribution in [0.1, 0.15) is 78.6 Å². The van der Waals surface area contributed by atoms with Gasteiger partial charge in [-0.15, -0.1) is 0 Å². The van der Waals surface area contributed by atoms with E-state index in [0.29, 0.717) is 28.4 Å². The summed E-state index contributed by atoms with van der Waals surface area (Å²) < 4.78 is 47.5. The van der Waals surface area contributed by atoms with Crippen LogP contribution < -0.4 is 5.46 Å².